The molecule has 0 bridgehead atoms. The molecule has 0 amide bonds. The summed E-state index contributed by atoms with van der Waals surface area (Å²) in [6.07, 6.45) is 1.95. The lowest BCUT2D eigenvalue weighted by atomic mass is 10.0. The molecule has 0 saturated carbocycles. The quantitative estimate of drug-likeness (QED) is 0.442. The van der Waals surface area contributed by atoms with Crippen molar-refractivity contribution in [3.05, 3.63) is 76.6 Å². The molecule has 0 fully saturated rings. The Kier molecular flexibility index (Phi) is 5.40. The monoisotopic (exact) mass is 415 g/mol. The Hall–Kier alpha value is -2.71. The molecule has 6 nitrogen and oxygen atoms in total. The molecule has 1 unspecified atom stereocenters. The molecule has 28 heavy (non-hydrogen) atoms. The van der Waals surface area contributed by atoms with Gasteiger partial charge in [-0.3, -0.25) is 5.10 Å². The molecule has 142 valence electrons. The summed E-state index contributed by atoms with van der Waals surface area (Å²) in [5.74, 6) is 0.494. The van der Waals surface area contributed by atoms with Crippen LogP contribution in [0.1, 0.15) is 29.1 Å². The Labute approximate surface area is 169 Å². The summed E-state index contributed by atoms with van der Waals surface area (Å²) in [5.41, 5.74) is 2.08. The van der Waals surface area contributed by atoms with Gasteiger partial charge in [-0.1, -0.05) is 53.6 Å². The van der Waals surface area contributed by atoms with Crippen molar-refractivity contribution in [3.8, 4) is 11.5 Å². The van der Waals surface area contributed by atoms with Gasteiger partial charge in [0.05, 0.1) is 0 Å². The number of nitrogens with zero attached hydrogens (tertiary/aromatic N) is 4. The van der Waals surface area contributed by atoms with E-state index in [1.807, 2.05) is 25.1 Å². The van der Waals surface area contributed by atoms with Crippen LogP contribution in [0.15, 0.2) is 58.5 Å². The van der Waals surface area contributed by atoms with Gasteiger partial charge in [-0.05, 0) is 41.8 Å². The number of thioether (sulfide) groups is 1. The SMILES string of the molecule is CCc1c(F)cccc1C(Sc1ncn[nH]1)c1noc(-c2cccc(Cl)c2)n1. The summed E-state index contributed by atoms with van der Waals surface area (Å²) < 4.78 is 19.9. The molecule has 0 aliphatic rings. The largest absolute Gasteiger partial charge is 0.334 e. The second-order valence-corrected chi connectivity index (χ2v) is 7.45. The number of halogens is 2. The van der Waals surface area contributed by atoms with Crippen LogP contribution in [-0.4, -0.2) is 25.3 Å². The number of hydrogen-bond donors (Lipinski definition) is 1. The van der Waals surface area contributed by atoms with Gasteiger partial charge in [0.25, 0.3) is 5.89 Å². The Morgan fingerprint density at radius 2 is 2.11 bits per heavy atom. The first kappa shape index (κ1) is 18.6. The molecular formula is C19H15ClFN5OS. The predicted molar refractivity (Wildman–Crippen MR) is 105 cm³/mol. The first-order valence-corrected chi connectivity index (χ1v) is 9.80. The minimum Gasteiger partial charge on any atom is -0.334 e. The Bertz CT molecular complexity index is 1090. The van der Waals surface area contributed by atoms with Crippen LogP contribution in [0.2, 0.25) is 5.02 Å². The Morgan fingerprint density at radius 3 is 2.86 bits per heavy atom. The minimum absolute atomic E-state index is 0.262. The molecule has 1 N–H and O–H groups in total. The minimum atomic E-state index is -0.421. The molecule has 2 aromatic heterocycles. The lowest BCUT2D eigenvalue weighted by Crippen LogP contribution is -2.05. The zero-order valence-electron chi connectivity index (χ0n) is 14.8. The first-order chi connectivity index (χ1) is 13.7. The van der Waals surface area contributed by atoms with Crippen LogP contribution in [0.5, 0.6) is 0 Å². The van der Waals surface area contributed by atoms with E-state index in [0.717, 1.165) is 5.56 Å². The highest BCUT2D eigenvalue weighted by Crippen LogP contribution is 2.40. The Morgan fingerprint density at radius 1 is 1.25 bits per heavy atom. The van der Waals surface area contributed by atoms with E-state index in [1.165, 1.54) is 24.2 Å². The third-order valence-electron chi connectivity index (χ3n) is 4.16. The first-order valence-electron chi connectivity index (χ1n) is 8.54. The van der Waals surface area contributed by atoms with E-state index in [2.05, 4.69) is 25.3 Å². The highest BCUT2D eigenvalue weighted by Gasteiger charge is 2.26. The van der Waals surface area contributed by atoms with Crippen molar-refractivity contribution in [1.82, 2.24) is 25.3 Å². The molecule has 2 heterocycles. The standard InChI is InChI=1S/C19H15ClFN5OS/c1-2-13-14(7-4-8-15(13)21)16(28-19-22-10-23-25-19)17-24-18(27-26-17)11-5-3-6-12(20)9-11/h3-10,16H,2H2,1H3,(H,22,23,25). The van der Waals surface area contributed by atoms with Crippen LogP contribution in [0, 0.1) is 5.82 Å². The van der Waals surface area contributed by atoms with Gasteiger partial charge in [0, 0.05) is 10.6 Å². The molecule has 1 atom stereocenters. The van der Waals surface area contributed by atoms with Crippen molar-refractivity contribution in [2.75, 3.05) is 0 Å². The fourth-order valence-corrected chi connectivity index (χ4v) is 4.07. The molecule has 9 heteroatoms. The van der Waals surface area contributed by atoms with Crippen LogP contribution < -0.4 is 0 Å². The lowest BCUT2D eigenvalue weighted by Gasteiger charge is -2.16. The number of aromatic nitrogens is 5. The fourth-order valence-electron chi connectivity index (χ4n) is 2.89. The molecule has 0 aliphatic heterocycles. The lowest BCUT2D eigenvalue weighted by molar-refractivity contribution is 0.423. The molecule has 0 spiro atoms. The number of hydrogen-bond acceptors (Lipinski definition) is 6. The summed E-state index contributed by atoms with van der Waals surface area (Å²) in [7, 11) is 0. The van der Waals surface area contributed by atoms with E-state index in [-0.39, 0.29) is 5.82 Å². The van der Waals surface area contributed by atoms with Crippen molar-refractivity contribution >= 4 is 23.4 Å². The summed E-state index contributed by atoms with van der Waals surface area (Å²) in [5, 5.41) is 11.6. The summed E-state index contributed by atoms with van der Waals surface area (Å²) in [4.78, 5) is 8.70. The third kappa shape index (κ3) is 3.79. The van der Waals surface area contributed by atoms with E-state index >= 15 is 0 Å². The average molecular weight is 416 g/mol. The number of nitrogens with one attached hydrogen (secondary N) is 1. The second-order valence-electron chi connectivity index (χ2n) is 5.92. The van der Waals surface area contributed by atoms with Crippen molar-refractivity contribution in [1.29, 1.82) is 0 Å². The normalized spacial score (nSPS) is 12.2. The van der Waals surface area contributed by atoms with Crippen LogP contribution in [0.4, 0.5) is 4.39 Å². The van der Waals surface area contributed by atoms with E-state index in [0.29, 0.717) is 39.4 Å². The molecule has 4 aromatic rings. The van der Waals surface area contributed by atoms with Gasteiger partial charge < -0.3 is 4.52 Å². The van der Waals surface area contributed by atoms with E-state index in [1.54, 1.807) is 18.2 Å². The van der Waals surface area contributed by atoms with Crippen molar-refractivity contribution < 1.29 is 8.91 Å². The molecule has 0 radical (unpaired) electrons. The smallest absolute Gasteiger partial charge is 0.258 e. The van der Waals surface area contributed by atoms with E-state index in [4.69, 9.17) is 16.1 Å². The van der Waals surface area contributed by atoms with Gasteiger partial charge in [-0.25, -0.2) is 9.37 Å². The highest BCUT2D eigenvalue weighted by atomic mass is 35.5. The number of benzene rings is 2. The molecular weight excluding hydrogens is 401 g/mol. The van der Waals surface area contributed by atoms with Gasteiger partial charge in [0.15, 0.2) is 11.0 Å². The van der Waals surface area contributed by atoms with E-state index < -0.39 is 5.25 Å². The van der Waals surface area contributed by atoms with Gasteiger partial charge in [-0.15, -0.1) is 0 Å². The molecule has 4 rings (SSSR count). The Balaban J connectivity index is 1.78. The van der Waals surface area contributed by atoms with Crippen LogP contribution in [0.25, 0.3) is 11.5 Å². The van der Waals surface area contributed by atoms with Gasteiger partial charge in [0.2, 0.25) is 0 Å². The summed E-state index contributed by atoms with van der Waals surface area (Å²) in [6, 6.07) is 12.2. The van der Waals surface area contributed by atoms with Gasteiger partial charge in [-0.2, -0.15) is 10.1 Å². The zero-order valence-corrected chi connectivity index (χ0v) is 16.3. The van der Waals surface area contributed by atoms with Gasteiger partial charge in [0.1, 0.15) is 17.4 Å². The topological polar surface area (TPSA) is 80.5 Å². The highest BCUT2D eigenvalue weighted by molar-refractivity contribution is 7.99. The maximum Gasteiger partial charge on any atom is 0.258 e. The summed E-state index contributed by atoms with van der Waals surface area (Å²) >= 11 is 7.40. The van der Waals surface area contributed by atoms with Crippen molar-refractivity contribution in [2.45, 2.75) is 23.8 Å². The van der Waals surface area contributed by atoms with Crippen molar-refractivity contribution in [2.24, 2.45) is 0 Å². The van der Waals surface area contributed by atoms with Crippen LogP contribution in [0.3, 0.4) is 0 Å². The van der Waals surface area contributed by atoms with E-state index in [9.17, 15) is 4.39 Å². The number of rotatable bonds is 6. The molecule has 2 aromatic carbocycles. The van der Waals surface area contributed by atoms with Crippen LogP contribution >= 0.6 is 23.4 Å². The van der Waals surface area contributed by atoms with Crippen molar-refractivity contribution in [3.63, 3.8) is 0 Å². The summed E-state index contributed by atoms with van der Waals surface area (Å²) in [6.45, 7) is 1.91. The maximum atomic E-state index is 14.4. The average Bonchev–Trinajstić information content (AvgIpc) is 3.38. The molecule has 0 saturated heterocycles. The maximum absolute atomic E-state index is 14.4. The predicted octanol–water partition coefficient (Wildman–Crippen LogP) is 5.09. The second kappa shape index (κ2) is 8.12. The van der Waals surface area contributed by atoms with Crippen LogP contribution in [-0.2, 0) is 6.42 Å². The zero-order chi connectivity index (χ0) is 19.5. The fraction of sp³-hybridized carbons (Fsp3) is 0.158. The number of H-pyrrole nitrogens is 1. The molecule has 0 aliphatic carbocycles. The van der Waals surface area contributed by atoms with Gasteiger partial charge >= 0.3 is 0 Å². The number of aromatic amines is 1. The third-order valence-corrected chi connectivity index (χ3v) is 5.52.